The van der Waals surface area contributed by atoms with Crippen molar-refractivity contribution >= 4 is 28.4 Å². The Morgan fingerprint density at radius 2 is 1.52 bits per heavy atom. The van der Waals surface area contributed by atoms with Crippen LogP contribution in [0, 0.1) is 13.8 Å². The molecule has 1 saturated heterocycles. The van der Waals surface area contributed by atoms with Gasteiger partial charge in [-0.15, -0.1) is 0 Å². The molecular formula is C28H25N3O2. The van der Waals surface area contributed by atoms with Crippen molar-refractivity contribution in [1.29, 1.82) is 0 Å². The number of H-pyrrole nitrogens is 1. The molecule has 1 N–H and O–H groups in total. The largest absolute Gasteiger partial charge is 0.356 e. The maximum Gasteiger partial charge on any atom is 0.250 e. The zero-order valence-electron chi connectivity index (χ0n) is 18.7. The minimum Gasteiger partial charge on any atom is -0.356 e. The van der Waals surface area contributed by atoms with E-state index in [9.17, 15) is 9.59 Å². The number of rotatable bonds is 2. The van der Waals surface area contributed by atoms with Crippen molar-refractivity contribution in [2.45, 2.75) is 32.4 Å². The van der Waals surface area contributed by atoms with Crippen molar-refractivity contribution in [3.05, 3.63) is 101 Å². The second-order valence-electron chi connectivity index (χ2n) is 9.16. The van der Waals surface area contributed by atoms with Gasteiger partial charge in [0.15, 0.2) is 0 Å². The van der Waals surface area contributed by atoms with E-state index in [-0.39, 0.29) is 24.4 Å². The molecule has 1 fully saturated rings. The summed E-state index contributed by atoms with van der Waals surface area (Å²) in [6.07, 6.45) is 0.509. The van der Waals surface area contributed by atoms with Crippen LogP contribution in [0.4, 0.5) is 5.69 Å². The Morgan fingerprint density at radius 1 is 0.848 bits per heavy atom. The van der Waals surface area contributed by atoms with Crippen molar-refractivity contribution in [1.82, 2.24) is 9.88 Å². The zero-order chi connectivity index (χ0) is 22.7. The quantitative estimate of drug-likeness (QED) is 0.497. The third kappa shape index (κ3) is 3.07. The van der Waals surface area contributed by atoms with Gasteiger partial charge in [0.2, 0.25) is 5.91 Å². The smallest absolute Gasteiger partial charge is 0.250 e. The van der Waals surface area contributed by atoms with Crippen LogP contribution in [0.1, 0.15) is 34.0 Å². The molecule has 1 unspecified atom stereocenters. The van der Waals surface area contributed by atoms with Crippen molar-refractivity contribution in [3.63, 3.8) is 0 Å². The van der Waals surface area contributed by atoms with E-state index in [1.54, 1.807) is 4.90 Å². The van der Waals surface area contributed by atoms with Gasteiger partial charge >= 0.3 is 0 Å². The molecule has 0 radical (unpaired) electrons. The number of hydrogen-bond donors (Lipinski definition) is 1. The van der Waals surface area contributed by atoms with Gasteiger partial charge in [-0.25, -0.2) is 0 Å². The van der Waals surface area contributed by atoms with Gasteiger partial charge < -0.3 is 14.8 Å². The number of piperazine rings is 1. The first kappa shape index (κ1) is 19.8. The average molecular weight is 436 g/mol. The molecule has 3 heterocycles. The molecule has 5 nitrogen and oxygen atoms in total. The molecular weight excluding hydrogens is 410 g/mol. The molecule has 2 aliphatic rings. The van der Waals surface area contributed by atoms with Crippen LogP contribution in [0.15, 0.2) is 72.8 Å². The molecule has 2 amide bonds. The van der Waals surface area contributed by atoms with Gasteiger partial charge in [-0.2, -0.15) is 0 Å². The van der Waals surface area contributed by atoms with E-state index in [1.807, 2.05) is 48.2 Å². The minimum absolute atomic E-state index is 0.0218. The summed E-state index contributed by atoms with van der Waals surface area (Å²) < 4.78 is 0. The highest BCUT2D eigenvalue weighted by molar-refractivity contribution is 6.07. The Morgan fingerprint density at radius 3 is 2.24 bits per heavy atom. The highest BCUT2D eigenvalue weighted by atomic mass is 16.2. The zero-order valence-corrected chi connectivity index (χ0v) is 18.7. The Bertz CT molecular complexity index is 1390. The van der Waals surface area contributed by atoms with Crippen LogP contribution < -0.4 is 4.90 Å². The third-order valence-corrected chi connectivity index (χ3v) is 7.00. The number of anilines is 1. The number of carbonyl (C=O) groups excluding carboxylic acids is 2. The van der Waals surface area contributed by atoms with Crippen LogP contribution in [0.3, 0.4) is 0 Å². The van der Waals surface area contributed by atoms with Crippen molar-refractivity contribution in [3.8, 4) is 0 Å². The lowest BCUT2D eigenvalue weighted by molar-refractivity contribution is -0.145. The van der Waals surface area contributed by atoms with Crippen LogP contribution in [-0.2, 0) is 16.0 Å². The van der Waals surface area contributed by atoms with E-state index < -0.39 is 6.04 Å². The highest BCUT2D eigenvalue weighted by Gasteiger charge is 2.48. The van der Waals surface area contributed by atoms with Crippen LogP contribution in [0.2, 0.25) is 0 Å². The molecule has 5 heteroatoms. The molecule has 2 atom stereocenters. The molecule has 6 rings (SSSR count). The number of aryl methyl sites for hydroxylation is 2. The molecule has 2 aliphatic heterocycles. The predicted molar refractivity (Wildman–Crippen MR) is 129 cm³/mol. The standard InChI is InChI=1S/C28H25N3O2/c1-17-7-11-19(12-8-17)27-26-22(21-5-3-4-6-23(21)29-26)15-24-28(33)30(16-25(32)31(24)27)20-13-9-18(2)10-14-20/h3-14,24,27,29H,15-16H2,1-2H3/t24?,27-/m0/s1. The summed E-state index contributed by atoms with van der Waals surface area (Å²) >= 11 is 0. The SMILES string of the molecule is Cc1ccc([C@H]2c3[nH]c4ccccc4c3CC3C(=O)N(c4ccc(C)cc4)CC(=O)N32)cc1. The summed E-state index contributed by atoms with van der Waals surface area (Å²) in [5, 5.41) is 1.12. The second kappa shape index (κ2) is 7.34. The van der Waals surface area contributed by atoms with Crippen LogP contribution in [-0.4, -0.2) is 34.3 Å². The number of aromatic amines is 1. The number of benzene rings is 3. The fourth-order valence-corrected chi connectivity index (χ4v) is 5.30. The van der Waals surface area contributed by atoms with Gasteiger partial charge in [-0.05, 0) is 43.2 Å². The van der Waals surface area contributed by atoms with E-state index >= 15 is 0 Å². The molecule has 33 heavy (non-hydrogen) atoms. The number of carbonyl (C=O) groups is 2. The topological polar surface area (TPSA) is 56.4 Å². The summed E-state index contributed by atoms with van der Waals surface area (Å²) in [5.41, 5.74) is 7.25. The predicted octanol–water partition coefficient (Wildman–Crippen LogP) is 4.67. The first-order valence-corrected chi connectivity index (χ1v) is 11.4. The van der Waals surface area contributed by atoms with E-state index in [4.69, 9.17) is 0 Å². The number of fused-ring (bicyclic) bond motifs is 4. The number of nitrogens with one attached hydrogen (secondary N) is 1. The summed E-state index contributed by atoms with van der Waals surface area (Å²) in [4.78, 5) is 34.5. The summed E-state index contributed by atoms with van der Waals surface area (Å²) in [5.74, 6) is -0.0541. The molecule has 0 saturated carbocycles. The maximum absolute atomic E-state index is 13.8. The fraction of sp³-hybridized carbons (Fsp3) is 0.214. The molecule has 0 aliphatic carbocycles. The number of para-hydroxylation sites is 1. The Hall–Kier alpha value is -3.86. The number of amides is 2. The van der Waals surface area contributed by atoms with Crippen molar-refractivity contribution < 1.29 is 9.59 Å². The molecule has 0 spiro atoms. The Labute approximate surface area is 192 Å². The lowest BCUT2D eigenvalue weighted by Crippen LogP contribution is -2.63. The number of aromatic nitrogens is 1. The van der Waals surface area contributed by atoms with E-state index in [0.717, 1.165) is 44.5 Å². The van der Waals surface area contributed by atoms with Gasteiger partial charge in [-0.3, -0.25) is 9.59 Å². The van der Waals surface area contributed by atoms with E-state index in [2.05, 4.69) is 48.3 Å². The number of nitrogens with zero attached hydrogens (tertiary/aromatic N) is 2. The lowest BCUT2D eigenvalue weighted by atomic mass is 9.86. The Balaban J connectivity index is 1.51. The molecule has 3 aromatic carbocycles. The van der Waals surface area contributed by atoms with Crippen LogP contribution in [0.25, 0.3) is 10.9 Å². The summed E-state index contributed by atoms with van der Waals surface area (Å²) in [6.45, 7) is 4.12. The lowest BCUT2D eigenvalue weighted by Gasteiger charge is -2.47. The van der Waals surface area contributed by atoms with Gasteiger partial charge in [0.25, 0.3) is 5.91 Å². The van der Waals surface area contributed by atoms with Gasteiger partial charge in [0.1, 0.15) is 12.6 Å². The van der Waals surface area contributed by atoms with Crippen molar-refractivity contribution in [2.24, 2.45) is 0 Å². The van der Waals surface area contributed by atoms with Crippen LogP contribution >= 0.6 is 0 Å². The second-order valence-corrected chi connectivity index (χ2v) is 9.16. The molecule has 1 aromatic heterocycles. The van der Waals surface area contributed by atoms with E-state index in [1.165, 1.54) is 0 Å². The van der Waals surface area contributed by atoms with Crippen LogP contribution in [0.5, 0.6) is 0 Å². The fourth-order valence-electron chi connectivity index (χ4n) is 5.30. The third-order valence-electron chi connectivity index (χ3n) is 7.00. The first-order chi connectivity index (χ1) is 16.0. The van der Waals surface area contributed by atoms with Gasteiger partial charge in [-0.1, -0.05) is 65.7 Å². The summed E-state index contributed by atoms with van der Waals surface area (Å²) in [7, 11) is 0. The number of hydrogen-bond acceptors (Lipinski definition) is 2. The van der Waals surface area contributed by atoms with E-state index in [0.29, 0.717) is 6.42 Å². The summed E-state index contributed by atoms with van der Waals surface area (Å²) in [6, 6.07) is 23.4. The average Bonchev–Trinajstić information content (AvgIpc) is 3.20. The minimum atomic E-state index is -0.537. The first-order valence-electron chi connectivity index (χ1n) is 11.4. The molecule has 4 aromatic rings. The Kier molecular flexibility index (Phi) is 4.40. The molecule has 0 bridgehead atoms. The normalized spacial score (nSPS) is 20.2. The maximum atomic E-state index is 13.8. The van der Waals surface area contributed by atoms with Gasteiger partial charge in [0, 0.05) is 28.7 Å². The van der Waals surface area contributed by atoms with Gasteiger partial charge in [0.05, 0.1) is 6.04 Å². The van der Waals surface area contributed by atoms with Crippen molar-refractivity contribution in [2.75, 3.05) is 11.4 Å². The molecule has 164 valence electrons. The monoisotopic (exact) mass is 435 g/mol. The highest BCUT2D eigenvalue weighted by Crippen LogP contribution is 2.43.